The summed E-state index contributed by atoms with van der Waals surface area (Å²) >= 11 is 0. The van der Waals surface area contributed by atoms with E-state index in [4.69, 9.17) is 15.0 Å². The maximum absolute atomic E-state index is 13.6. The molecule has 1 unspecified atom stereocenters. The molecule has 1 aromatic heterocycles. The van der Waals surface area contributed by atoms with Crippen LogP contribution in [-0.2, 0) is 15.1 Å². The molecule has 0 spiro atoms. The van der Waals surface area contributed by atoms with Gasteiger partial charge >= 0.3 is 5.97 Å². The van der Waals surface area contributed by atoms with Gasteiger partial charge in [0, 0.05) is 11.3 Å². The normalized spacial score (nSPS) is 16.0. The number of nitrogens with zero attached hydrogens (tertiary/aromatic N) is 5. The molecule has 54 heavy (non-hydrogen) atoms. The van der Waals surface area contributed by atoms with E-state index in [1.54, 1.807) is 20.8 Å². The molecule has 1 atom stereocenters. The summed E-state index contributed by atoms with van der Waals surface area (Å²) in [6, 6.07) is 47.3. The Balaban J connectivity index is 1.38. The van der Waals surface area contributed by atoms with E-state index in [9.17, 15) is 9.90 Å². The lowest BCUT2D eigenvalue weighted by molar-refractivity contribution is -0.138. The number of anilines is 1. The van der Waals surface area contributed by atoms with E-state index in [1.165, 1.54) is 0 Å². The van der Waals surface area contributed by atoms with Gasteiger partial charge in [-0.3, -0.25) is 0 Å². The fraction of sp³-hybridized carbons (Fsp3) is 0.244. The Kier molecular flexibility index (Phi) is 9.92. The predicted octanol–water partition coefficient (Wildman–Crippen LogP) is 8.32. The lowest BCUT2D eigenvalue weighted by Crippen LogP contribution is -2.52. The largest absolute Gasteiger partial charge is 0.461 e. The lowest BCUT2D eigenvalue weighted by atomic mass is 9.77. The van der Waals surface area contributed by atoms with E-state index in [1.807, 2.05) is 88.4 Å². The van der Waals surface area contributed by atoms with Crippen molar-refractivity contribution >= 4 is 11.7 Å². The molecule has 0 saturated carbocycles. The number of hydrogen-bond donors (Lipinski definition) is 2. The fourth-order valence-corrected chi connectivity index (χ4v) is 7.86. The van der Waals surface area contributed by atoms with Crippen LogP contribution in [0.1, 0.15) is 64.2 Å². The molecular weight excluding hydrogens is 673 g/mol. The van der Waals surface area contributed by atoms with Crippen molar-refractivity contribution in [3.8, 4) is 22.5 Å². The molecule has 0 saturated heterocycles. The zero-order chi connectivity index (χ0) is 37.9. The third-order valence-corrected chi connectivity index (χ3v) is 10.1. The zero-order valence-corrected chi connectivity index (χ0v) is 31.4. The topological polar surface area (TPSA) is 105 Å². The third kappa shape index (κ3) is 6.34. The summed E-state index contributed by atoms with van der Waals surface area (Å²) in [4.78, 5) is 15.5. The van der Waals surface area contributed by atoms with Crippen LogP contribution in [0.2, 0.25) is 0 Å². The van der Waals surface area contributed by atoms with Gasteiger partial charge in [0.25, 0.3) is 0 Å². The highest BCUT2D eigenvalue weighted by molar-refractivity contribution is 5.96. The minimum Gasteiger partial charge on any atom is -0.461 e. The maximum Gasteiger partial charge on any atom is 0.356 e. The third-order valence-electron chi connectivity index (χ3n) is 10.1. The molecular formula is C45H46N6O3. The van der Waals surface area contributed by atoms with E-state index in [0.29, 0.717) is 23.6 Å². The van der Waals surface area contributed by atoms with Crippen LogP contribution in [0.3, 0.4) is 0 Å². The number of ether oxygens (including phenoxy) is 1. The molecule has 9 heteroatoms. The van der Waals surface area contributed by atoms with Gasteiger partial charge in [-0.1, -0.05) is 141 Å². The van der Waals surface area contributed by atoms with Gasteiger partial charge in [0.15, 0.2) is 11.5 Å². The van der Waals surface area contributed by atoms with Gasteiger partial charge in [-0.15, -0.1) is 5.10 Å². The van der Waals surface area contributed by atoms with Gasteiger partial charge in [-0.2, -0.15) is 0 Å². The average Bonchev–Trinajstić information content (AvgIpc) is 3.80. The number of carbonyl (C=O) groups is 1. The number of aliphatic hydroxyl groups is 1. The van der Waals surface area contributed by atoms with Crippen molar-refractivity contribution in [3.05, 3.63) is 168 Å². The molecule has 1 aliphatic rings. The second-order valence-electron chi connectivity index (χ2n) is 14.3. The Morgan fingerprint density at radius 2 is 1.28 bits per heavy atom. The van der Waals surface area contributed by atoms with Crippen molar-refractivity contribution in [1.29, 1.82) is 0 Å². The first-order valence-corrected chi connectivity index (χ1v) is 18.5. The molecule has 0 aliphatic carbocycles. The smallest absolute Gasteiger partial charge is 0.356 e. The van der Waals surface area contributed by atoms with Crippen LogP contribution in [0.15, 0.2) is 151 Å². The molecule has 274 valence electrons. The Bertz CT molecular complexity index is 2150. The maximum atomic E-state index is 13.6. The molecule has 2 heterocycles. The first-order chi connectivity index (χ1) is 26.1. The SMILES string of the molecule is CCCC1(C)NC(C(C)(C)O)=C(C(=O)OCC)N1c1ccc(-c2ccccc2-c2nnnn2C(c2ccccc2)(c2ccccc2)c2ccccc2)cc1. The highest BCUT2D eigenvalue weighted by Crippen LogP contribution is 2.45. The molecule has 5 aromatic carbocycles. The summed E-state index contributed by atoms with van der Waals surface area (Å²) in [6.07, 6.45) is 1.57. The molecule has 0 radical (unpaired) electrons. The van der Waals surface area contributed by atoms with Gasteiger partial charge in [0.2, 0.25) is 0 Å². The van der Waals surface area contributed by atoms with E-state index in [-0.39, 0.29) is 6.61 Å². The van der Waals surface area contributed by atoms with Gasteiger partial charge in [0.05, 0.1) is 12.3 Å². The molecule has 9 nitrogen and oxygen atoms in total. The number of aromatic nitrogens is 4. The summed E-state index contributed by atoms with van der Waals surface area (Å²) < 4.78 is 7.49. The second kappa shape index (κ2) is 14.8. The van der Waals surface area contributed by atoms with E-state index in [2.05, 4.69) is 85.0 Å². The first kappa shape index (κ1) is 36.3. The van der Waals surface area contributed by atoms with Crippen LogP contribution >= 0.6 is 0 Å². The number of nitrogens with one attached hydrogen (secondary N) is 1. The summed E-state index contributed by atoms with van der Waals surface area (Å²) in [7, 11) is 0. The van der Waals surface area contributed by atoms with Crippen LogP contribution in [0.4, 0.5) is 5.69 Å². The van der Waals surface area contributed by atoms with Gasteiger partial charge < -0.3 is 20.1 Å². The highest BCUT2D eigenvalue weighted by atomic mass is 16.5. The Morgan fingerprint density at radius 3 is 1.78 bits per heavy atom. The minimum atomic E-state index is -1.30. The molecule has 7 rings (SSSR count). The van der Waals surface area contributed by atoms with E-state index >= 15 is 0 Å². The van der Waals surface area contributed by atoms with Gasteiger partial charge in [-0.05, 0) is 84.5 Å². The van der Waals surface area contributed by atoms with Gasteiger partial charge in [-0.25, -0.2) is 9.48 Å². The van der Waals surface area contributed by atoms with Crippen LogP contribution in [0.25, 0.3) is 22.5 Å². The highest BCUT2D eigenvalue weighted by Gasteiger charge is 2.48. The molecule has 6 aromatic rings. The number of benzene rings is 5. The predicted molar refractivity (Wildman–Crippen MR) is 212 cm³/mol. The molecule has 0 fully saturated rings. The summed E-state index contributed by atoms with van der Waals surface area (Å²) in [5.41, 5.74) is 4.46. The summed E-state index contributed by atoms with van der Waals surface area (Å²) in [6.45, 7) is 9.52. The van der Waals surface area contributed by atoms with Crippen LogP contribution in [0, 0.1) is 0 Å². The molecule has 0 bridgehead atoms. The van der Waals surface area contributed by atoms with Crippen molar-refractivity contribution in [1.82, 2.24) is 25.5 Å². The minimum absolute atomic E-state index is 0.217. The van der Waals surface area contributed by atoms with Crippen LogP contribution in [-0.4, -0.2) is 49.2 Å². The van der Waals surface area contributed by atoms with Crippen molar-refractivity contribution in [2.24, 2.45) is 0 Å². The molecule has 2 N–H and O–H groups in total. The standard InChI is InChI=1S/C45H46N6O3/c1-6-31-44(5)46-40(43(3,4)53)39(42(52)54-7-2)50(44)36-29-27-32(28-30-36)37-25-17-18-26-38(37)41-47-48-49-51(41)45(33-19-11-8-12-20-33,34-21-13-9-14-22-34)35-23-15-10-16-24-35/h8-30,46,53H,6-7,31H2,1-5H3. The summed E-state index contributed by atoms with van der Waals surface area (Å²) in [5, 5.41) is 28.5. The van der Waals surface area contributed by atoms with Gasteiger partial charge in [0.1, 0.15) is 16.8 Å². The number of carbonyl (C=O) groups excluding carboxylic acids is 1. The van der Waals surface area contributed by atoms with Crippen molar-refractivity contribution < 1.29 is 14.6 Å². The average molecular weight is 719 g/mol. The van der Waals surface area contributed by atoms with Crippen LogP contribution < -0.4 is 10.2 Å². The second-order valence-corrected chi connectivity index (χ2v) is 14.3. The number of esters is 1. The Labute approximate surface area is 316 Å². The van der Waals surface area contributed by atoms with Crippen LogP contribution in [0.5, 0.6) is 0 Å². The van der Waals surface area contributed by atoms with Crippen molar-refractivity contribution in [3.63, 3.8) is 0 Å². The number of rotatable bonds is 12. The van der Waals surface area contributed by atoms with Crippen molar-refractivity contribution in [2.75, 3.05) is 11.5 Å². The fourth-order valence-electron chi connectivity index (χ4n) is 7.86. The molecule has 0 amide bonds. The Morgan fingerprint density at radius 1 is 0.759 bits per heavy atom. The monoisotopic (exact) mass is 718 g/mol. The van der Waals surface area contributed by atoms with E-state index in [0.717, 1.165) is 45.5 Å². The number of hydrogen-bond acceptors (Lipinski definition) is 8. The van der Waals surface area contributed by atoms with Crippen molar-refractivity contribution in [2.45, 2.75) is 64.3 Å². The zero-order valence-electron chi connectivity index (χ0n) is 31.4. The summed E-state index contributed by atoms with van der Waals surface area (Å²) in [5.74, 6) is 0.120. The first-order valence-electron chi connectivity index (χ1n) is 18.5. The molecule has 1 aliphatic heterocycles. The van der Waals surface area contributed by atoms with E-state index < -0.39 is 22.8 Å². The quantitative estimate of drug-likeness (QED) is 0.0962. The lowest BCUT2D eigenvalue weighted by Gasteiger charge is -2.38. The number of tetrazole rings is 1. The Hall–Kier alpha value is -6.06.